The molecule has 0 saturated carbocycles. The summed E-state index contributed by atoms with van der Waals surface area (Å²) in [6.07, 6.45) is 3.74. The van der Waals surface area contributed by atoms with Gasteiger partial charge < -0.3 is 5.32 Å². The summed E-state index contributed by atoms with van der Waals surface area (Å²) < 4.78 is 1.40. The van der Waals surface area contributed by atoms with Gasteiger partial charge in [0.05, 0.1) is 17.0 Å². The predicted molar refractivity (Wildman–Crippen MR) is 110 cm³/mol. The van der Waals surface area contributed by atoms with Gasteiger partial charge in [0.2, 0.25) is 0 Å². The Hall–Kier alpha value is -2.42. The van der Waals surface area contributed by atoms with E-state index in [-0.39, 0.29) is 11.6 Å². The minimum atomic E-state index is -0.0978. The molecule has 0 spiro atoms. The van der Waals surface area contributed by atoms with Gasteiger partial charge in [-0.2, -0.15) is 5.10 Å². The van der Waals surface area contributed by atoms with E-state index in [4.69, 9.17) is 4.98 Å². The molecule has 7 nitrogen and oxygen atoms in total. The molecule has 0 bridgehead atoms. The van der Waals surface area contributed by atoms with E-state index in [1.807, 2.05) is 26.1 Å². The van der Waals surface area contributed by atoms with E-state index in [2.05, 4.69) is 31.7 Å². The van der Waals surface area contributed by atoms with Crippen LogP contribution < -0.4 is 10.9 Å². The van der Waals surface area contributed by atoms with Gasteiger partial charge in [-0.15, -0.1) is 11.3 Å². The Labute approximate surface area is 168 Å². The second kappa shape index (κ2) is 7.90. The first-order valence-electron chi connectivity index (χ1n) is 9.38. The molecule has 3 aromatic rings. The molecule has 1 saturated heterocycles. The fourth-order valence-electron chi connectivity index (χ4n) is 3.64. The second-order valence-electron chi connectivity index (χ2n) is 7.13. The summed E-state index contributed by atoms with van der Waals surface area (Å²) in [7, 11) is 1.69. The Morgan fingerprint density at radius 1 is 1.36 bits per heavy atom. The average molecular weight is 397 g/mol. The van der Waals surface area contributed by atoms with Crippen LogP contribution in [0.15, 0.2) is 34.7 Å². The molecule has 8 heteroatoms. The molecule has 1 aliphatic heterocycles. The first-order valence-corrected chi connectivity index (χ1v) is 10.3. The van der Waals surface area contributed by atoms with Crippen LogP contribution in [0.25, 0.3) is 10.6 Å². The molecule has 4 heterocycles. The van der Waals surface area contributed by atoms with E-state index in [0.29, 0.717) is 5.56 Å². The molecule has 0 radical (unpaired) electrons. The summed E-state index contributed by atoms with van der Waals surface area (Å²) in [5.74, 6) is 0. The summed E-state index contributed by atoms with van der Waals surface area (Å²) >= 11 is 1.53. The Morgan fingerprint density at radius 2 is 2.21 bits per heavy atom. The lowest BCUT2D eigenvalue weighted by Gasteiger charge is -2.35. The molecule has 0 aromatic carbocycles. The molecule has 1 N–H and O–H groups in total. The van der Waals surface area contributed by atoms with Gasteiger partial charge in [-0.3, -0.25) is 14.7 Å². The number of rotatable bonds is 4. The lowest BCUT2D eigenvalue weighted by molar-refractivity contribution is 0.152. The molecular weight excluding hydrogens is 372 g/mol. The van der Waals surface area contributed by atoms with Crippen molar-refractivity contribution in [3.8, 4) is 10.6 Å². The van der Waals surface area contributed by atoms with Crippen molar-refractivity contribution < 1.29 is 0 Å². The molecule has 0 amide bonds. The van der Waals surface area contributed by atoms with Crippen molar-refractivity contribution in [1.82, 2.24) is 30.0 Å². The number of thiazole rings is 1. The minimum Gasteiger partial charge on any atom is -0.314 e. The maximum atomic E-state index is 12.6. The third-order valence-corrected chi connectivity index (χ3v) is 6.19. The van der Waals surface area contributed by atoms with Gasteiger partial charge in [0.1, 0.15) is 5.01 Å². The number of aromatic nitrogens is 4. The highest BCUT2D eigenvalue weighted by Gasteiger charge is 2.25. The standard InChI is InChI=1S/C20H24N6OS/c1-13-14(2)24-25(3)20(27)18(13)19-23-16(12-28-19)11-26-8-7-22-10-17(26)15-5-4-6-21-9-15/h4-6,9,12,17,22H,7-8,10-11H2,1-3H3. The van der Waals surface area contributed by atoms with Crippen LogP contribution >= 0.6 is 11.3 Å². The molecule has 1 atom stereocenters. The first kappa shape index (κ1) is 18.9. The lowest BCUT2D eigenvalue weighted by Crippen LogP contribution is -2.45. The quantitative estimate of drug-likeness (QED) is 0.728. The van der Waals surface area contributed by atoms with E-state index >= 15 is 0 Å². The van der Waals surface area contributed by atoms with Crippen molar-refractivity contribution >= 4 is 11.3 Å². The highest BCUT2D eigenvalue weighted by Crippen LogP contribution is 2.28. The fraction of sp³-hybridized carbons (Fsp3) is 0.400. The van der Waals surface area contributed by atoms with E-state index in [0.717, 1.165) is 48.1 Å². The van der Waals surface area contributed by atoms with Crippen LogP contribution in [0.5, 0.6) is 0 Å². The zero-order chi connectivity index (χ0) is 19.7. The highest BCUT2D eigenvalue weighted by molar-refractivity contribution is 7.13. The van der Waals surface area contributed by atoms with Crippen LogP contribution in [0.2, 0.25) is 0 Å². The van der Waals surface area contributed by atoms with E-state index < -0.39 is 0 Å². The number of aryl methyl sites for hydroxylation is 2. The molecular formula is C20H24N6OS. The van der Waals surface area contributed by atoms with Crippen molar-refractivity contribution in [2.24, 2.45) is 7.05 Å². The third-order valence-electron chi connectivity index (χ3n) is 5.28. The van der Waals surface area contributed by atoms with E-state index in [1.54, 1.807) is 13.2 Å². The van der Waals surface area contributed by atoms with Gasteiger partial charge in [0.25, 0.3) is 5.56 Å². The van der Waals surface area contributed by atoms with Crippen LogP contribution in [-0.2, 0) is 13.6 Å². The topological polar surface area (TPSA) is 75.9 Å². The summed E-state index contributed by atoms with van der Waals surface area (Å²) in [5.41, 5.74) is 4.52. The molecule has 1 aliphatic rings. The maximum Gasteiger partial charge on any atom is 0.277 e. The molecule has 1 unspecified atom stereocenters. The Balaban J connectivity index is 1.61. The fourth-order valence-corrected chi connectivity index (χ4v) is 4.54. The van der Waals surface area contributed by atoms with Crippen LogP contribution in [0.1, 0.15) is 28.6 Å². The lowest BCUT2D eigenvalue weighted by atomic mass is 10.1. The zero-order valence-corrected chi connectivity index (χ0v) is 17.2. The van der Waals surface area contributed by atoms with Crippen LogP contribution in [-0.4, -0.2) is 44.3 Å². The predicted octanol–water partition coefficient (Wildman–Crippen LogP) is 2.06. The molecule has 1 fully saturated rings. The van der Waals surface area contributed by atoms with Gasteiger partial charge in [-0.1, -0.05) is 6.07 Å². The Kier molecular flexibility index (Phi) is 5.34. The van der Waals surface area contributed by atoms with Crippen LogP contribution in [0, 0.1) is 13.8 Å². The SMILES string of the molecule is Cc1nn(C)c(=O)c(-c2nc(CN3CCNCC3c3cccnc3)cs2)c1C. The molecule has 28 heavy (non-hydrogen) atoms. The van der Waals surface area contributed by atoms with Crippen molar-refractivity contribution in [1.29, 1.82) is 0 Å². The van der Waals surface area contributed by atoms with Crippen molar-refractivity contribution in [3.05, 3.63) is 62.8 Å². The molecule has 4 rings (SSSR count). The number of nitrogens with one attached hydrogen (secondary N) is 1. The van der Waals surface area contributed by atoms with Gasteiger partial charge in [0.15, 0.2) is 0 Å². The first-order chi connectivity index (χ1) is 13.5. The normalized spacial score (nSPS) is 17.8. The van der Waals surface area contributed by atoms with Gasteiger partial charge in [-0.25, -0.2) is 9.67 Å². The number of hydrogen-bond acceptors (Lipinski definition) is 7. The molecule has 0 aliphatic carbocycles. The maximum absolute atomic E-state index is 12.6. The summed E-state index contributed by atoms with van der Waals surface area (Å²) in [5, 5.41) is 10.6. The largest absolute Gasteiger partial charge is 0.314 e. The monoisotopic (exact) mass is 396 g/mol. The summed E-state index contributed by atoms with van der Waals surface area (Å²) in [6, 6.07) is 4.37. The number of pyridine rings is 1. The molecule has 3 aromatic heterocycles. The summed E-state index contributed by atoms with van der Waals surface area (Å²) in [6.45, 7) is 7.41. The molecule has 146 valence electrons. The smallest absolute Gasteiger partial charge is 0.277 e. The number of piperazine rings is 1. The van der Waals surface area contributed by atoms with Gasteiger partial charge in [-0.05, 0) is 31.0 Å². The van der Waals surface area contributed by atoms with Gasteiger partial charge >= 0.3 is 0 Å². The third kappa shape index (κ3) is 3.63. The van der Waals surface area contributed by atoms with Crippen molar-refractivity contribution in [2.75, 3.05) is 19.6 Å². The second-order valence-corrected chi connectivity index (χ2v) is 7.99. The van der Waals surface area contributed by atoms with E-state index in [9.17, 15) is 4.79 Å². The van der Waals surface area contributed by atoms with Crippen LogP contribution in [0.4, 0.5) is 0 Å². The average Bonchev–Trinajstić information content (AvgIpc) is 3.16. The Bertz CT molecular complexity index is 1030. The van der Waals surface area contributed by atoms with Crippen molar-refractivity contribution in [3.63, 3.8) is 0 Å². The number of hydrogen-bond donors (Lipinski definition) is 1. The number of nitrogens with zero attached hydrogens (tertiary/aromatic N) is 5. The van der Waals surface area contributed by atoms with Crippen molar-refractivity contribution in [2.45, 2.75) is 26.4 Å². The van der Waals surface area contributed by atoms with Gasteiger partial charge in [0, 0.05) is 57.0 Å². The minimum absolute atomic E-state index is 0.0978. The summed E-state index contributed by atoms with van der Waals surface area (Å²) in [4.78, 5) is 24.1. The zero-order valence-electron chi connectivity index (χ0n) is 16.3. The van der Waals surface area contributed by atoms with E-state index in [1.165, 1.54) is 21.6 Å². The Morgan fingerprint density at radius 3 is 3.00 bits per heavy atom. The highest BCUT2D eigenvalue weighted by atomic mass is 32.1. The van der Waals surface area contributed by atoms with Crippen LogP contribution in [0.3, 0.4) is 0 Å².